The molecule has 0 aromatic heterocycles. The van der Waals surface area contributed by atoms with E-state index in [0.717, 1.165) is 0 Å². The maximum Gasteiger partial charge on any atom is 0 e. The first-order valence-electron chi connectivity index (χ1n) is 0. The van der Waals surface area contributed by atoms with Gasteiger partial charge in [-0.25, -0.2) is 0 Å². The van der Waals surface area contributed by atoms with Crippen molar-refractivity contribution in [1.29, 1.82) is 0 Å². The van der Waals surface area contributed by atoms with Crippen molar-refractivity contribution in [2.75, 3.05) is 0 Å². The minimum atomic E-state index is 0. The molecule has 0 bridgehead atoms. The summed E-state index contributed by atoms with van der Waals surface area (Å²) in [7, 11) is 0. The third-order valence-electron chi connectivity index (χ3n) is 0. The monoisotopic (exact) mass is 331 g/mol. The summed E-state index contributed by atoms with van der Waals surface area (Å²) in [6.07, 6.45) is 0. The van der Waals surface area contributed by atoms with Crippen molar-refractivity contribution in [3.05, 3.63) is 0 Å². The molecule has 0 saturated carbocycles. The Labute approximate surface area is 108 Å². The van der Waals surface area contributed by atoms with Crippen LogP contribution in [0.3, 0.4) is 0 Å². The zero-order valence-corrected chi connectivity index (χ0v) is 12.9. The summed E-state index contributed by atoms with van der Waals surface area (Å²) < 4.78 is 0. The number of hydrogen-bond donors (Lipinski definition) is 0. The molecule has 0 N–H and O–H groups in total. The average molecular weight is 331 g/mol. The second-order valence-corrected chi connectivity index (χ2v) is 0. The third-order valence-corrected chi connectivity index (χ3v) is 0. The van der Waals surface area contributed by atoms with Crippen LogP contribution in [-0.4, -0.2) is 35.0 Å². The molecule has 9 radical (unpaired) electrons. The molecule has 0 aromatic rings. The fourth-order valence-corrected chi connectivity index (χ4v) is 0. The molecule has 0 saturated heterocycles. The van der Waals surface area contributed by atoms with Crippen molar-refractivity contribution in [1.82, 2.24) is 0 Å². The van der Waals surface area contributed by atoms with Gasteiger partial charge in [0.1, 0.15) is 0 Å². The summed E-state index contributed by atoms with van der Waals surface area (Å²) in [5.74, 6) is 0. The van der Waals surface area contributed by atoms with Crippen molar-refractivity contribution in [2.24, 2.45) is 0 Å². The Bertz CT molecular complexity index is 15.5. The minimum absolute atomic E-state index is 0. The van der Waals surface area contributed by atoms with Crippen LogP contribution in [0.2, 0.25) is 0 Å². The van der Waals surface area contributed by atoms with Crippen LogP contribution in [0, 0.1) is 0 Å². The Morgan fingerprint density at radius 3 is 1.00 bits per heavy atom. The van der Waals surface area contributed by atoms with Crippen LogP contribution < -0.4 is 0 Å². The SMILES string of the molecule is [Al].[Cu].[Ge].[Mn].[Ti].[Zn]. The third kappa shape index (κ3) is 26.0. The molecule has 0 fully saturated rings. The summed E-state index contributed by atoms with van der Waals surface area (Å²) in [5, 5.41) is 0. The minimum Gasteiger partial charge on any atom is 0 e. The summed E-state index contributed by atoms with van der Waals surface area (Å²) in [5.41, 5.74) is 0. The first-order valence-corrected chi connectivity index (χ1v) is 0. The Morgan fingerprint density at radius 1 is 1.00 bits per heavy atom. The molecule has 0 heterocycles. The molecule has 0 aliphatic carbocycles. The largest absolute Gasteiger partial charge is 0 e. The van der Waals surface area contributed by atoms with Crippen LogP contribution in [0.4, 0.5) is 0 Å². The van der Waals surface area contributed by atoms with Crippen molar-refractivity contribution in [3.8, 4) is 0 Å². The van der Waals surface area contributed by atoms with Gasteiger partial charge in [0, 0.05) is 110 Å². The Morgan fingerprint density at radius 2 is 1.00 bits per heavy atom. The van der Waals surface area contributed by atoms with Gasteiger partial charge in [-0.2, -0.15) is 0 Å². The van der Waals surface area contributed by atoms with Crippen LogP contribution in [0.25, 0.3) is 0 Å². The Hall–Kier alpha value is 3.45. The predicted octanol–water partition coefficient (Wildman–Crippen LogP) is -0.772. The second kappa shape index (κ2) is 39.4. The van der Waals surface area contributed by atoms with Crippen LogP contribution in [0.5, 0.6) is 0 Å². The molecular formula is AlCuGeMnTiZn. The molecule has 0 amide bonds. The summed E-state index contributed by atoms with van der Waals surface area (Å²) >= 11 is 0. The van der Waals surface area contributed by atoms with Gasteiger partial charge in [-0.1, -0.05) is 0 Å². The molecule has 0 atom stereocenters. The normalized spacial score (nSPS) is 0. The smallest absolute Gasteiger partial charge is 0 e. The van der Waals surface area contributed by atoms with E-state index in [1.165, 1.54) is 0 Å². The van der Waals surface area contributed by atoms with E-state index in [9.17, 15) is 0 Å². The van der Waals surface area contributed by atoms with Crippen LogP contribution in [0.15, 0.2) is 0 Å². The molecule has 0 aliphatic rings. The van der Waals surface area contributed by atoms with Gasteiger partial charge in [0.25, 0.3) is 0 Å². The van der Waals surface area contributed by atoms with Gasteiger partial charge >= 0.3 is 0 Å². The molecule has 0 nitrogen and oxygen atoms in total. The van der Waals surface area contributed by atoms with Gasteiger partial charge in [-0.15, -0.1) is 0 Å². The van der Waals surface area contributed by atoms with Gasteiger partial charge in [0.15, 0.2) is 0 Å². The molecule has 0 rings (SSSR count). The number of hydrogen-bond acceptors (Lipinski definition) is 0. The molecule has 0 spiro atoms. The second-order valence-electron chi connectivity index (χ2n) is 0. The van der Waals surface area contributed by atoms with E-state index in [-0.39, 0.29) is 110 Å². The summed E-state index contributed by atoms with van der Waals surface area (Å²) in [4.78, 5) is 0. The molecule has 6 heavy (non-hydrogen) atoms. The fraction of sp³-hybridized carbons (Fsp3) is 0. The number of rotatable bonds is 0. The summed E-state index contributed by atoms with van der Waals surface area (Å²) in [6.45, 7) is 0. The maximum atomic E-state index is 0. The van der Waals surface area contributed by atoms with Crippen molar-refractivity contribution >= 4 is 35.0 Å². The van der Waals surface area contributed by atoms with Gasteiger partial charge in [0.2, 0.25) is 0 Å². The Kier molecular flexibility index (Phi) is 372. The molecular weight excluding hydrogens is 331 g/mol. The van der Waals surface area contributed by atoms with Crippen LogP contribution in [-0.2, 0) is 75.3 Å². The standard InChI is InChI=1S/Al.Cu.Ge.Mn.Ti.Zn. The van der Waals surface area contributed by atoms with E-state index in [0.29, 0.717) is 0 Å². The zero-order chi connectivity index (χ0) is 0. The first kappa shape index (κ1) is 56.7. The maximum absolute atomic E-state index is 0. The summed E-state index contributed by atoms with van der Waals surface area (Å²) in [6, 6.07) is 0. The molecule has 31 valence electrons. The van der Waals surface area contributed by atoms with Crippen LogP contribution >= 0.6 is 0 Å². The van der Waals surface area contributed by atoms with E-state index in [1.54, 1.807) is 0 Å². The first-order chi connectivity index (χ1) is 0. The fourth-order valence-electron chi connectivity index (χ4n) is 0. The van der Waals surface area contributed by atoms with E-state index < -0.39 is 0 Å². The van der Waals surface area contributed by atoms with E-state index in [4.69, 9.17) is 0 Å². The van der Waals surface area contributed by atoms with E-state index in [2.05, 4.69) is 0 Å². The van der Waals surface area contributed by atoms with Gasteiger partial charge in [-0.3, -0.25) is 0 Å². The topological polar surface area (TPSA) is 0 Å². The van der Waals surface area contributed by atoms with Crippen molar-refractivity contribution in [2.45, 2.75) is 0 Å². The van der Waals surface area contributed by atoms with Crippen molar-refractivity contribution < 1.29 is 75.3 Å². The van der Waals surface area contributed by atoms with E-state index in [1.807, 2.05) is 0 Å². The van der Waals surface area contributed by atoms with E-state index >= 15 is 0 Å². The average Bonchev–Trinajstić information content (AvgIpc) is 0. The molecule has 0 aromatic carbocycles. The van der Waals surface area contributed by atoms with Gasteiger partial charge in [-0.05, 0) is 0 Å². The molecule has 6 heteroatoms. The molecule has 0 unspecified atom stereocenters. The van der Waals surface area contributed by atoms with Crippen LogP contribution in [0.1, 0.15) is 0 Å². The van der Waals surface area contributed by atoms with Gasteiger partial charge < -0.3 is 0 Å². The Balaban J connectivity index is 0. The quantitative estimate of drug-likeness (QED) is 0.512. The predicted molar refractivity (Wildman–Crippen MR) is 11.5 cm³/mol. The van der Waals surface area contributed by atoms with Crippen molar-refractivity contribution in [3.63, 3.8) is 0 Å². The van der Waals surface area contributed by atoms with Gasteiger partial charge in [0.05, 0.1) is 0 Å². The molecule has 0 aliphatic heterocycles. The zero-order valence-electron chi connectivity index (χ0n) is 2.96.